The van der Waals surface area contributed by atoms with E-state index in [9.17, 15) is 8.78 Å². The lowest BCUT2D eigenvalue weighted by Crippen LogP contribution is -2.35. The number of rotatable bonds is 5. The van der Waals surface area contributed by atoms with Crippen LogP contribution in [0.5, 0.6) is 0 Å². The van der Waals surface area contributed by atoms with Crippen molar-refractivity contribution in [3.05, 3.63) is 59.2 Å². The number of halogens is 2. The minimum atomic E-state index is -0.731. The Morgan fingerprint density at radius 2 is 1.67 bits per heavy atom. The summed E-state index contributed by atoms with van der Waals surface area (Å²) in [6.45, 7) is 11.1. The smallest absolute Gasteiger partial charge is 0.166 e. The molecule has 2 aromatic rings. The third kappa shape index (κ3) is 4.57. The monoisotopic (exact) mass is 371 g/mol. The van der Waals surface area contributed by atoms with Gasteiger partial charge in [-0.25, -0.2) is 8.78 Å². The Labute approximate surface area is 162 Å². The molecule has 1 aliphatic heterocycles. The third-order valence-electron chi connectivity index (χ3n) is 6.00. The summed E-state index contributed by atoms with van der Waals surface area (Å²) in [7, 11) is 0. The van der Waals surface area contributed by atoms with Crippen molar-refractivity contribution >= 4 is 0 Å². The van der Waals surface area contributed by atoms with Crippen molar-refractivity contribution in [2.45, 2.75) is 53.0 Å². The average Bonchev–Trinajstić information content (AvgIpc) is 2.66. The van der Waals surface area contributed by atoms with Crippen LogP contribution >= 0.6 is 0 Å². The molecule has 1 aliphatic rings. The first-order valence-electron chi connectivity index (χ1n) is 10.2. The maximum absolute atomic E-state index is 14.8. The van der Waals surface area contributed by atoms with Gasteiger partial charge in [0.1, 0.15) is 0 Å². The van der Waals surface area contributed by atoms with Crippen LogP contribution in [0.15, 0.2) is 36.4 Å². The predicted molar refractivity (Wildman–Crippen MR) is 109 cm³/mol. The SMILES string of the molecule is CC(C)c1cccc(-c2ccc(CN3CCC(C(C)C)CC3)c(F)c2F)c1. The Bertz CT molecular complexity index is 774. The molecule has 0 spiro atoms. The van der Waals surface area contributed by atoms with E-state index in [2.05, 4.69) is 32.6 Å². The lowest BCUT2D eigenvalue weighted by Gasteiger charge is -2.34. The molecular formula is C24H31F2N. The van der Waals surface area contributed by atoms with Gasteiger partial charge in [-0.2, -0.15) is 0 Å². The number of piperidine rings is 1. The summed E-state index contributed by atoms with van der Waals surface area (Å²) in [6.07, 6.45) is 2.28. The lowest BCUT2D eigenvalue weighted by molar-refractivity contribution is 0.150. The highest BCUT2D eigenvalue weighted by Gasteiger charge is 2.23. The van der Waals surface area contributed by atoms with E-state index in [-0.39, 0.29) is 0 Å². The van der Waals surface area contributed by atoms with Gasteiger partial charge in [-0.1, -0.05) is 64.1 Å². The van der Waals surface area contributed by atoms with Crippen LogP contribution in [0.25, 0.3) is 11.1 Å². The van der Waals surface area contributed by atoms with Crippen LogP contribution in [-0.4, -0.2) is 18.0 Å². The number of hydrogen-bond donors (Lipinski definition) is 0. The van der Waals surface area contributed by atoms with Crippen LogP contribution in [0.1, 0.15) is 57.6 Å². The fourth-order valence-electron chi connectivity index (χ4n) is 4.02. The second kappa shape index (κ2) is 8.52. The van der Waals surface area contributed by atoms with E-state index < -0.39 is 11.6 Å². The predicted octanol–water partition coefficient (Wildman–Crippen LogP) is 6.62. The summed E-state index contributed by atoms with van der Waals surface area (Å²) < 4.78 is 29.6. The van der Waals surface area contributed by atoms with Gasteiger partial charge in [-0.15, -0.1) is 0 Å². The summed E-state index contributed by atoms with van der Waals surface area (Å²) in [5.41, 5.74) is 2.67. The molecule has 27 heavy (non-hydrogen) atoms. The molecule has 3 heteroatoms. The summed E-state index contributed by atoms with van der Waals surface area (Å²) in [4.78, 5) is 2.25. The van der Waals surface area contributed by atoms with Crippen LogP contribution < -0.4 is 0 Å². The van der Waals surface area contributed by atoms with E-state index in [4.69, 9.17) is 0 Å². The molecule has 0 aromatic heterocycles. The second-order valence-electron chi connectivity index (χ2n) is 8.54. The van der Waals surface area contributed by atoms with Crippen molar-refractivity contribution in [1.29, 1.82) is 0 Å². The Balaban J connectivity index is 1.77. The molecule has 1 nitrogen and oxygen atoms in total. The van der Waals surface area contributed by atoms with Crippen LogP contribution in [0.3, 0.4) is 0 Å². The first-order valence-corrected chi connectivity index (χ1v) is 10.2. The van der Waals surface area contributed by atoms with E-state index in [0.29, 0.717) is 29.5 Å². The molecule has 1 fully saturated rings. The highest BCUT2D eigenvalue weighted by atomic mass is 19.2. The van der Waals surface area contributed by atoms with Gasteiger partial charge in [-0.3, -0.25) is 4.90 Å². The van der Waals surface area contributed by atoms with Crippen LogP contribution in [0.2, 0.25) is 0 Å². The zero-order chi connectivity index (χ0) is 19.6. The van der Waals surface area contributed by atoms with Gasteiger partial charge in [0.15, 0.2) is 11.6 Å². The standard InChI is InChI=1S/C24H31F2N/c1-16(2)18-10-12-27(13-11-18)15-21-8-9-22(24(26)23(21)25)20-7-5-6-19(14-20)17(3)4/h5-9,14,16-18H,10-13,15H2,1-4H3. The molecule has 2 aromatic carbocycles. The van der Waals surface area contributed by atoms with E-state index in [1.807, 2.05) is 24.3 Å². The van der Waals surface area contributed by atoms with Gasteiger partial charge in [0, 0.05) is 17.7 Å². The van der Waals surface area contributed by atoms with Crippen molar-refractivity contribution in [3.63, 3.8) is 0 Å². The minimum Gasteiger partial charge on any atom is -0.299 e. The molecule has 146 valence electrons. The van der Waals surface area contributed by atoms with Gasteiger partial charge >= 0.3 is 0 Å². The highest BCUT2D eigenvalue weighted by molar-refractivity contribution is 5.65. The zero-order valence-electron chi connectivity index (χ0n) is 16.9. The van der Waals surface area contributed by atoms with Crippen molar-refractivity contribution < 1.29 is 8.78 Å². The van der Waals surface area contributed by atoms with Gasteiger partial charge < -0.3 is 0 Å². The van der Waals surface area contributed by atoms with Crippen molar-refractivity contribution in [3.8, 4) is 11.1 Å². The third-order valence-corrected chi connectivity index (χ3v) is 6.00. The summed E-state index contributed by atoms with van der Waals surface area (Å²) in [6, 6.07) is 11.2. The number of nitrogens with zero attached hydrogens (tertiary/aromatic N) is 1. The van der Waals surface area contributed by atoms with Crippen molar-refractivity contribution in [1.82, 2.24) is 4.90 Å². The molecule has 3 rings (SSSR count). The molecule has 0 saturated carbocycles. The van der Waals surface area contributed by atoms with E-state index >= 15 is 0 Å². The van der Waals surface area contributed by atoms with Crippen molar-refractivity contribution in [2.24, 2.45) is 11.8 Å². The van der Waals surface area contributed by atoms with Gasteiger partial charge in [0.25, 0.3) is 0 Å². The largest absolute Gasteiger partial charge is 0.299 e. The molecule has 0 unspecified atom stereocenters. The maximum atomic E-state index is 14.8. The second-order valence-corrected chi connectivity index (χ2v) is 8.54. The fraction of sp³-hybridized carbons (Fsp3) is 0.500. The zero-order valence-corrected chi connectivity index (χ0v) is 16.9. The minimum absolute atomic E-state index is 0.345. The number of benzene rings is 2. The first-order chi connectivity index (χ1) is 12.9. The molecule has 1 heterocycles. The van der Waals surface area contributed by atoms with E-state index in [1.165, 1.54) is 0 Å². The number of hydrogen-bond acceptors (Lipinski definition) is 1. The molecule has 0 amide bonds. The van der Waals surface area contributed by atoms with E-state index in [1.54, 1.807) is 12.1 Å². The van der Waals surface area contributed by atoms with Crippen LogP contribution in [0, 0.1) is 23.5 Å². The summed E-state index contributed by atoms with van der Waals surface area (Å²) in [5.74, 6) is 0.366. The lowest BCUT2D eigenvalue weighted by atomic mass is 9.86. The molecule has 1 saturated heterocycles. The summed E-state index contributed by atoms with van der Waals surface area (Å²) in [5, 5.41) is 0. The fourth-order valence-corrected chi connectivity index (χ4v) is 4.02. The molecule has 0 aliphatic carbocycles. The molecule has 0 bridgehead atoms. The number of likely N-dealkylation sites (tertiary alicyclic amines) is 1. The maximum Gasteiger partial charge on any atom is 0.166 e. The first kappa shape index (κ1) is 20.0. The normalized spacial score (nSPS) is 16.4. The Hall–Kier alpha value is -1.74. The van der Waals surface area contributed by atoms with E-state index in [0.717, 1.165) is 43.0 Å². The molecule has 0 N–H and O–H groups in total. The average molecular weight is 372 g/mol. The Kier molecular flexibility index (Phi) is 6.31. The van der Waals surface area contributed by atoms with Crippen LogP contribution in [-0.2, 0) is 6.54 Å². The highest BCUT2D eigenvalue weighted by Crippen LogP contribution is 2.30. The Morgan fingerprint density at radius 3 is 2.30 bits per heavy atom. The van der Waals surface area contributed by atoms with Crippen molar-refractivity contribution in [2.75, 3.05) is 13.1 Å². The van der Waals surface area contributed by atoms with Crippen LogP contribution in [0.4, 0.5) is 8.78 Å². The summed E-state index contributed by atoms with van der Waals surface area (Å²) >= 11 is 0. The van der Waals surface area contributed by atoms with Gasteiger partial charge in [0.2, 0.25) is 0 Å². The Morgan fingerprint density at radius 1 is 0.963 bits per heavy atom. The topological polar surface area (TPSA) is 3.24 Å². The van der Waals surface area contributed by atoms with Gasteiger partial charge in [0.05, 0.1) is 0 Å². The quantitative estimate of drug-likeness (QED) is 0.570. The molecule has 0 radical (unpaired) electrons. The van der Waals surface area contributed by atoms with Gasteiger partial charge in [-0.05, 0) is 54.8 Å². The molecular weight excluding hydrogens is 340 g/mol. The molecule has 0 atom stereocenters.